The first kappa shape index (κ1) is 26.3. The highest BCUT2D eigenvalue weighted by Gasteiger charge is 2.33. The predicted octanol–water partition coefficient (Wildman–Crippen LogP) is 3.19. The van der Waals surface area contributed by atoms with Crippen LogP contribution in [0.4, 0.5) is 0 Å². The van der Waals surface area contributed by atoms with Gasteiger partial charge in [-0.25, -0.2) is 17.9 Å². The van der Waals surface area contributed by atoms with E-state index in [1.54, 1.807) is 43.3 Å². The molecule has 0 radical (unpaired) electrons. The molecule has 36 heavy (non-hydrogen) atoms. The van der Waals surface area contributed by atoms with Gasteiger partial charge in [0, 0.05) is 37.6 Å². The lowest BCUT2D eigenvalue weighted by atomic mass is 9.85. The third-order valence-corrected chi connectivity index (χ3v) is 8.61. The summed E-state index contributed by atoms with van der Waals surface area (Å²) < 4.78 is 33.8. The van der Waals surface area contributed by atoms with Crippen LogP contribution in [-0.4, -0.2) is 63.5 Å². The van der Waals surface area contributed by atoms with Crippen LogP contribution in [0.3, 0.4) is 0 Å². The lowest BCUT2D eigenvalue weighted by Crippen LogP contribution is -2.54. The van der Waals surface area contributed by atoms with Crippen LogP contribution in [0.2, 0.25) is 0 Å². The van der Waals surface area contributed by atoms with Crippen LogP contribution in [0.25, 0.3) is 11.1 Å². The molecule has 1 saturated carbocycles. The number of amides is 1. The average molecular weight is 514 g/mol. The summed E-state index contributed by atoms with van der Waals surface area (Å²) in [6, 6.07) is 13.8. The lowest BCUT2D eigenvalue weighted by molar-refractivity contribution is -0.139. The first-order valence-corrected chi connectivity index (χ1v) is 14.2. The van der Waals surface area contributed by atoms with Crippen molar-refractivity contribution in [2.45, 2.75) is 56.5 Å². The molecule has 2 N–H and O–H groups in total. The standard InChI is InChI=1S/C27H35N3O5S/c1-3-35-27(32)23-6-4-20(5-7-23)21-10-14-25(15-11-21)36(33,34)29-24-12-8-22(9-13-24)26(31)30-17-16-28-18-19(30)2/h4-7,10-11,14-15,19,22,24,28-29H,3,8-9,12-13,16-18H2,1-2H3/t19-,22?,24?/m0/s1. The second-order valence-electron chi connectivity index (χ2n) is 9.58. The largest absolute Gasteiger partial charge is 0.462 e. The number of sulfonamides is 1. The van der Waals surface area contributed by atoms with Crippen molar-refractivity contribution in [2.75, 3.05) is 26.2 Å². The Morgan fingerprint density at radius 1 is 1.00 bits per heavy atom. The minimum absolute atomic E-state index is 0.0270. The van der Waals surface area contributed by atoms with Crippen LogP contribution < -0.4 is 10.0 Å². The number of piperazine rings is 1. The average Bonchev–Trinajstić information content (AvgIpc) is 2.89. The Bertz CT molecular complexity index is 1160. The molecule has 2 aromatic carbocycles. The molecule has 2 fully saturated rings. The van der Waals surface area contributed by atoms with Gasteiger partial charge in [-0.2, -0.15) is 0 Å². The van der Waals surface area contributed by atoms with E-state index in [-0.39, 0.29) is 34.8 Å². The van der Waals surface area contributed by atoms with E-state index in [1.165, 1.54) is 0 Å². The van der Waals surface area contributed by atoms with Gasteiger partial charge in [0.15, 0.2) is 0 Å². The molecule has 4 rings (SSSR count). The SMILES string of the molecule is CCOC(=O)c1ccc(-c2ccc(S(=O)(=O)NC3CCC(C(=O)N4CCNC[C@@H]4C)CC3)cc2)cc1. The lowest BCUT2D eigenvalue weighted by Gasteiger charge is -2.38. The summed E-state index contributed by atoms with van der Waals surface area (Å²) >= 11 is 0. The highest BCUT2D eigenvalue weighted by molar-refractivity contribution is 7.89. The Morgan fingerprint density at radius 2 is 1.61 bits per heavy atom. The van der Waals surface area contributed by atoms with E-state index in [9.17, 15) is 18.0 Å². The fraction of sp³-hybridized carbons (Fsp3) is 0.481. The van der Waals surface area contributed by atoms with E-state index in [0.717, 1.165) is 30.8 Å². The molecule has 1 heterocycles. The van der Waals surface area contributed by atoms with E-state index in [1.807, 2.05) is 17.0 Å². The van der Waals surface area contributed by atoms with E-state index >= 15 is 0 Å². The number of esters is 1. The quantitative estimate of drug-likeness (QED) is 0.551. The van der Waals surface area contributed by atoms with Crippen molar-refractivity contribution in [1.82, 2.24) is 14.9 Å². The maximum atomic E-state index is 13.0. The van der Waals surface area contributed by atoms with Gasteiger partial charge in [-0.1, -0.05) is 24.3 Å². The Morgan fingerprint density at radius 3 is 2.19 bits per heavy atom. The van der Waals surface area contributed by atoms with Crippen molar-refractivity contribution >= 4 is 21.9 Å². The molecule has 1 amide bonds. The Balaban J connectivity index is 1.33. The van der Waals surface area contributed by atoms with Crippen molar-refractivity contribution in [3.8, 4) is 11.1 Å². The van der Waals surface area contributed by atoms with Crippen LogP contribution in [0.15, 0.2) is 53.4 Å². The van der Waals surface area contributed by atoms with Crippen molar-refractivity contribution in [1.29, 1.82) is 0 Å². The van der Waals surface area contributed by atoms with E-state index in [0.29, 0.717) is 37.9 Å². The molecule has 1 aliphatic heterocycles. The Hall–Kier alpha value is -2.75. The molecule has 2 aliphatic rings. The summed E-state index contributed by atoms with van der Waals surface area (Å²) in [6.45, 7) is 6.52. The molecule has 0 aromatic heterocycles. The Kier molecular flexibility index (Phi) is 8.43. The third kappa shape index (κ3) is 6.14. The normalized spacial score (nSPS) is 22.7. The zero-order chi connectivity index (χ0) is 25.7. The van der Waals surface area contributed by atoms with Gasteiger partial charge in [-0.15, -0.1) is 0 Å². The van der Waals surface area contributed by atoms with Gasteiger partial charge in [0.25, 0.3) is 0 Å². The maximum absolute atomic E-state index is 13.0. The first-order chi connectivity index (χ1) is 17.3. The molecule has 0 unspecified atom stereocenters. The minimum Gasteiger partial charge on any atom is -0.462 e. The van der Waals surface area contributed by atoms with Gasteiger partial charge < -0.3 is 15.0 Å². The molecule has 8 nitrogen and oxygen atoms in total. The zero-order valence-corrected chi connectivity index (χ0v) is 21.7. The van der Waals surface area contributed by atoms with Gasteiger partial charge in [0.05, 0.1) is 17.1 Å². The van der Waals surface area contributed by atoms with Gasteiger partial charge >= 0.3 is 5.97 Å². The molecule has 194 valence electrons. The number of rotatable bonds is 7. The van der Waals surface area contributed by atoms with Crippen molar-refractivity contribution in [2.24, 2.45) is 5.92 Å². The number of ether oxygens (including phenoxy) is 1. The number of nitrogens with one attached hydrogen (secondary N) is 2. The summed E-state index contributed by atoms with van der Waals surface area (Å²) in [6.07, 6.45) is 2.70. The first-order valence-electron chi connectivity index (χ1n) is 12.7. The van der Waals surface area contributed by atoms with E-state index in [4.69, 9.17) is 4.74 Å². The van der Waals surface area contributed by atoms with Crippen LogP contribution >= 0.6 is 0 Å². The number of hydrogen-bond donors (Lipinski definition) is 2. The fourth-order valence-electron chi connectivity index (χ4n) is 4.99. The van der Waals surface area contributed by atoms with Crippen LogP contribution in [0.5, 0.6) is 0 Å². The zero-order valence-electron chi connectivity index (χ0n) is 20.9. The molecule has 2 aromatic rings. The van der Waals surface area contributed by atoms with Gasteiger partial charge in [-0.05, 0) is 74.9 Å². The number of benzene rings is 2. The monoisotopic (exact) mass is 513 g/mol. The minimum atomic E-state index is -3.66. The summed E-state index contributed by atoms with van der Waals surface area (Å²) in [5, 5.41) is 3.31. The molecular formula is C27H35N3O5S. The predicted molar refractivity (Wildman–Crippen MR) is 138 cm³/mol. The number of carbonyl (C=O) groups is 2. The summed E-state index contributed by atoms with van der Waals surface area (Å²) in [4.78, 5) is 27.0. The van der Waals surface area contributed by atoms with E-state index in [2.05, 4.69) is 17.0 Å². The molecule has 1 saturated heterocycles. The molecule has 1 aliphatic carbocycles. The molecule has 9 heteroatoms. The third-order valence-electron chi connectivity index (χ3n) is 7.08. The summed E-state index contributed by atoms with van der Waals surface area (Å²) in [5.74, 6) is -0.190. The van der Waals surface area contributed by atoms with Crippen molar-refractivity contribution < 1.29 is 22.7 Å². The molecule has 0 spiro atoms. The summed E-state index contributed by atoms with van der Waals surface area (Å²) in [5.41, 5.74) is 2.20. The van der Waals surface area contributed by atoms with E-state index < -0.39 is 10.0 Å². The molecule has 0 bridgehead atoms. The fourth-order valence-corrected chi connectivity index (χ4v) is 6.29. The number of hydrogen-bond acceptors (Lipinski definition) is 6. The second-order valence-corrected chi connectivity index (χ2v) is 11.3. The molecule has 1 atom stereocenters. The maximum Gasteiger partial charge on any atom is 0.338 e. The number of carbonyl (C=O) groups excluding carboxylic acids is 2. The Labute approximate surface area is 213 Å². The highest BCUT2D eigenvalue weighted by Crippen LogP contribution is 2.28. The van der Waals surface area contributed by atoms with Crippen LogP contribution in [0.1, 0.15) is 49.9 Å². The van der Waals surface area contributed by atoms with Crippen molar-refractivity contribution in [3.63, 3.8) is 0 Å². The summed E-state index contributed by atoms with van der Waals surface area (Å²) in [7, 11) is -3.66. The highest BCUT2D eigenvalue weighted by atomic mass is 32.2. The number of nitrogens with zero attached hydrogens (tertiary/aromatic N) is 1. The van der Waals surface area contributed by atoms with Crippen LogP contribution in [-0.2, 0) is 19.6 Å². The second kappa shape index (κ2) is 11.5. The van der Waals surface area contributed by atoms with Crippen molar-refractivity contribution in [3.05, 3.63) is 54.1 Å². The van der Waals surface area contributed by atoms with Crippen LogP contribution in [0, 0.1) is 5.92 Å². The van der Waals surface area contributed by atoms with Gasteiger partial charge in [0.1, 0.15) is 0 Å². The molecular weight excluding hydrogens is 478 g/mol. The smallest absolute Gasteiger partial charge is 0.338 e. The van der Waals surface area contributed by atoms with Gasteiger partial charge in [-0.3, -0.25) is 4.79 Å². The topological polar surface area (TPSA) is 105 Å². The van der Waals surface area contributed by atoms with Gasteiger partial charge in [0.2, 0.25) is 15.9 Å².